The van der Waals surface area contributed by atoms with Gasteiger partial charge in [0.1, 0.15) is 5.75 Å². The zero-order chi connectivity index (χ0) is 20.6. The summed E-state index contributed by atoms with van der Waals surface area (Å²) < 4.78 is 16.5. The summed E-state index contributed by atoms with van der Waals surface area (Å²) in [6.07, 6.45) is 0.350. The highest BCUT2D eigenvalue weighted by molar-refractivity contribution is 5.95. The lowest BCUT2D eigenvalue weighted by molar-refractivity contribution is -0.136. The van der Waals surface area contributed by atoms with Crippen molar-refractivity contribution < 1.29 is 18.7 Å². The Labute approximate surface area is 166 Å². The molecule has 0 N–H and O–H groups in total. The highest BCUT2D eigenvalue weighted by Crippen LogP contribution is 2.44. The number of hydrogen-bond donors (Lipinski definition) is 0. The van der Waals surface area contributed by atoms with E-state index in [1.807, 2.05) is 45.0 Å². The number of para-hydroxylation sites is 1. The molecule has 0 amide bonds. The molecule has 3 aromatic rings. The minimum absolute atomic E-state index is 0.138. The van der Waals surface area contributed by atoms with Gasteiger partial charge in [-0.1, -0.05) is 72.7 Å². The van der Waals surface area contributed by atoms with Crippen LogP contribution in [-0.4, -0.2) is 5.97 Å². The molecule has 0 fully saturated rings. The molecule has 0 saturated heterocycles. The van der Waals surface area contributed by atoms with Crippen LogP contribution in [0.25, 0.3) is 22.3 Å². The van der Waals surface area contributed by atoms with E-state index >= 15 is 0 Å². The Morgan fingerprint density at radius 2 is 1.64 bits per heavy atom. The molecule has 0 atom stereocenters. The van der Waals surface area contributed by atoms with Crippen LogP contribution in [0.4, 0.5) is 0 Å². The Hall–Kier alpha value is -2.49. The summed E-state index contributed by atoms with van der Waals surface area (Å²) in [7, 11) is 0. The molecule has 0 unspecified atom stereocenters. The maximum Gasteiger partial charge on any atom is 0.311 e. The molecule has 0 aliphatic rings. The molecule has 0 aliphatic heterocycles. The van der Waals surface area contributed by atoms with E-state index in [1.54, 1.807) is 0 Å². The zero-order valence-electron chi connectivity index (χ0n) is 17.9. The van der Waals surface area contributed by atoms with Gasteiger partial charge in [0.25, 0.3) is 0 Å². The van der Waals surface area contributed by atoms with Crippen LogP contribution in [0.3, 0.4) is 0 Å². The van der Waals surface area contributed by atoms with Crippen molar-refractivity contribution in [2.75, 3.05) is 0 Å². The predicted molar refractivity (Wildman–Crippen MR) is 112 cm³/mol. The fraction of sp³-hybridized carbons (Fsp3) is 0.458. The van der Waals surface area contributed by atoms with E-state index < -0.39 is 0 Å². The Morgan fingerprint density at radius 1 is 0.964 bits per heavy atom. The summed E-state index contributed by atoms with van der Waals surface area (Å²) in [5.41, 5.74) is 5.24. The molecule has 1 aromatic heterocycles. The molecule has 4 heteroatoms. The second kappa shape index (κ2) is 7.50. The van der Waals surface area contributed by atoms with Crippen molar-refractivity contribution in [3.05, 3.63) is 41.5 Å². The number of ether oxygens (including phenoxy) is 1. The van der Waals surface area contributed by atoms with Gasteiger partial charge >= 0.3 is 5.97 Å². The van der Waals surface area contributed by atoms with Gasteiger partial charge in [0, 0.05) is 11.1 Å². The first-order chi connectivity index (χ1) is 13.1. The molecule has 0 spiro atoms. The molecule has 0 aliphatic carbocycles. The number of rotatable bonds is 5. The summed E-state index contributed by atoms with van der Waals surface area (Å²) in [5, 5.41) is 0. The SMILES string of the molecule is CC(C)c1cccc(-c2c(C(C)C)ccc3ooc23)c1OC(=O)CC(C)(C)C. The maximum atomic E-state index is 12.7. The van der Waals surface area contributed by atoms with Crippen LogP contribution in [0.5, 0.6) is 5.75 Å². The third-order valence-electron chi connectivity index (χ3n) is 4.82. The van der Waals surface area contributed by atoms with Gasteiger partial charge in [0.15, 0.2) is 0 Å². The number of hydrogen-bond acceptors (Lipinski definition) is 4. The Balaban J connectivity index is 2.19. The Morgan fingerprint density at radius 3 is 2.18 bits per heavy atom. The van der Waals surface area contributed by atoms with Crippen molar-refractivity contribution in [2.24, 2.45) is 5.41 Å². The second-order valence-corrected chi connectivity index (χ2v) is 9.27. The van der Waals surface area contributed by atoms with E-state index in [-0.39, 0.29) is 23.2 Å². The summed E-state index contributed by atoms with van der Waals surface area (Å²) in [5.74, 6) is 0.898. The molecule has 150 valence electrons. The molecule has 0 bridgehead atoms. The van der Waals surface area contributed by atoms with Crippen LogP contribution in [0, 0.1) is 5.41 Å². The topological polar surface area (TPSA) is 52.6 Å². The fourth-order valence-electron chi connectivity index (χ4n) is 3.44. The smallest absolute Gasteiger partial charge is 0.311 e. The normalized spacial score (nSPS) is 12.3. The highest BCUT2D eigenvalue weighted by Gasteiger charge is 2.26. The maximum absolute atomic E-state index is 12.7. The Bertz CT molecular complexity index is 980. The largest absolute Gasteiger partial charge is 0.426 e. The number of fused-ring (bicyclic) bond motifs is 1. The number of carbonyl (C=O) groups is 1. The fourth-order valence-corrected chi connectivity index (χ4v) is 3.44. The van der Waals surface area contributed by atoms with Gasteiger partial charge in [-0.05, 0) is 34.4 Å². The lowest BCUT2D eigenvalue weighted by Gasteiger charge is -2.22. The molecule has 0 radical (unpaired) electrons. The van der Waals surface area contributed by atoms with Crippen LogP contribution in [-0.2, 0) is 4.79 Å². The molecule has 3 rings (SSSR count). The third-order valence-corrected chi connectivity index (χ3v) is 4.82. The minimum atomic E-state index is -0.222. The quantitative estimate of drug-likeness (QED) is 0.264. The average Bonchev–Trinajstić information content (AvgIpc) is 2.53. The first kappa shape index (κ1) is 20.2. The van der Waals surface area contributed by atoms with Gasteiger partial charge < -0.3 is 4.74 Å². The molecule has 2 aromatic carbocycles. The minimum Gasteiger partial charge on any atom is -0.426 e. The molecule has 0 saturated carbocycles. The van der Waals surface area contributed by atoms with Gasteiger partial charge in [-0.2, -0.15) is 0 Å². The van der Waals surface area contributed by atoms with Gasteiger partial charge in [0.05, 0.1) is 6.42 Å². The van der Waals surface area contributed by atoms with Crippen molar-refractivity contribution in [3.8, 4) is 16.9 Å². The van der Waals surface area contributed by atoms with Crippen LogP contribution < -0.4 is 4.74 Å². The van der Waals surface area contributed by atoms with E-state index in [4.69, 9.17) is 13.9 Å². The zero-order valence-corrected chi connectivity index (χ0v) is 17.9. The summed E-state index contributed by atoms with van der Waals surface area (Å²) in [6.45, 7) is 14.6. The van der Waals surface area contributed by atoms with Crippen molar-refractivity contribution in [1.82, 2.24) is 0 Å². The van der Waals surface area contributed by atoms with Crippen molar-refractivity contribution in [3.63, 3.8) is 0 Å². The van der Waals surface area contributed by atoms with Crippen LogP contribution in [0.2, 0.25) is 0 Å². The summed E-state index contributed by atoms with van der Waals surface area (Å²) in [4.78, 5) is 12.7. The predicted octanol–water partition coefficient (Wildman–Crippen LogP) is 7.28. The van der Waals surface area contributed by atoms with E-state index in [1.165, 1.54) is 0 Å². The molecular formula is C24H30O4. The van der Waals surface area contributed by atoms with Crippen LogP contribution in [0.1, 0.15) is 77.8 Å². The number of esters is 1. The Kier molecular flexibility index (Phi) is 5.42. The number of carbonyl (C=O) groups excluding carboxylic acids is 1. The van der Waals surface area contributed by atoms with Crippen molar-refractivity contribution in [1.29, 1.82) is 0 Å². The van der Waals surface area contributed by atoms with E-state index in [9.17, 15) is 4.79 Å². The first-order valence-corrected chi connectivity index (χ1v) is 9.94. The number of benzene rings is 2. The molecular weight excluding hydrogens is 352 g/mol. The summed E-state index contributed by atoms with van der Waals surface area (Å²) in [6, 6.07) is 10.0. The van der Waals surface area contributed by atoms with E-state index in [0.29, 0.717) is 23.3 Å². The van der Waals surface area contributed by atoms with Crippen molar-refractivity contribution in [2.45, 2.75) is 66.7 Å². The lowest BCUT2D eigenvalue weighted by Crippen LogP contribution is -2.18. The monoisotopic (exact) mass is 382 g/mol. The average molecular weight is 383 g/mol. The van der Waals surface area contributed by atoms with Crippen molar-refractivity contribution >= 4 is 17.1 Å². The van der Waals surface area contributed by atoms with Gasteiger partial charge in [-0.25, -0.2) is 0 Å². The molecule has 1 heterocycles. The highest BCUT2D eigenvalue weighted by atomic mass is 17.0. The van der Waals surface area contributed by atoms with E-state index in [0.717, 1.165) is 22.3 Å². The van der Waals surface area contributed by atoms with Crippen LogP contribution in [0.15, 0.2) is 39.5 Å². The lowest BCUT2D eigenvalue weighted by atomic mass is 9.88. The van der Waals surface area contributed by atoms with Gasteiger partial charge in [-0.3, -0.25) is 13.9 Å². The van der Waals surface area contributed by atoms with Gasteiger partial charge in [0.2, 0.25) is 11.2 Å². The summed E-state index contributed by atoms with van der Waals surface area (Å²) >= 11 is 0. The van der Waals surface area contributed by atoms with Gasteiger partial charge in [-0.15, -0.1) is 0 Å². The molecule has 4 nitrogen and oxygen atoms in total. The van der Waals surface area contributed by atoms with E-state index in [2.05, 4.69) is 33.8 Å². The molecule has 28 heavy (non-hydrogen) atoms. The second-order valence-electron chi connectivity index (χ2n) is 9.27. The standard InChI is InChI=1S/C24H30O4/c1-14(2)16-11-12-19-23(28-27-19)21(16)18-10-8-9-17(15(3)4)22(18)26-20(25)13-24(5,6)7/h8-12,14-15H,13H2,1-7H3. The van der Waals surface area contributed by atoms with Crippen LogP contribution >= 0.6 is 0 Å². The third kappa shape index (κ3) is 4.01. The first-order valence-electron chi connectivity index (χ1n) is 9.94.